The molecule has 5 heteroatoms. The Kier molecular flexibility index (Phi) is 6.01. The summed E-state index contributed by atoms with van der Waals surface area (Å²) in [7, 11) is 2.11. The van der Waals surface area contributed by atoms with E-state index in [4.69, 9.17) is 0 Å². The molecule has 0 radical (unpaired) electrons. The molecular formula is C21H26FN3O. The van der Waals surface area contributed by atoms with Crippen molar-refractivity contribution in [1.29, 1.82) is 0 Å². The third-order valence-corrected chi connectivity index (χ3v) is 5.00. The van der Waals surface area contributed by atoms with Crippen LogP contribution in [0.1, 0.15) is 27.5 Å². The zero-order chi connectivity index (χ0) is 18.5. The quantitative estimate of drug-likeness (QED) is 0.896. The summed E-state index contributed by atoms with van der Waals surface area (Å²) in [6.45, 7) is 6.34. The number of carbonyl (C=O) groups is 1. The zero-order valence-corrected chi connectivity index (χ0v) is 15.4. The second-order valence-electron chi connectivity index (χ2n) is 6.98. The maximum atomic E-state index is 13.3. The third-order valence-electron chi connectivity index (χ3n) is 5.00. The second kappa shape index (κ2) is 8.43. The van der Waals surface area contributed by atoms with Crippen molar-refractivity contribution >= 4 is 5.91 Å². The summed E-state index contributed by atoms with van der Waals surface area (Å²) in [5.74, 6) is -0.319. The normalized spacial score (nSPS) is 17.0. The van der Waals surface area contributed by atoms with Gasteiger partial charge in [0.1, 0.15) is 5.82 Å². The lowest BCUT2D eigenvalue weighted by Gasteiger charge is -2.38. The predicted octanol–water partition coefficient (Wildman–Crippen LogP) is 2.85. The SMILES string of the molecule is Cc1ccc(C(=O)NC[C@H](c2ccc(F)cc2)N2CCN(C)CC2)cc1. The lowest BCUT2D eigenvalue weighted by atomic mass is 10.0. The Morgan fingerprint density at radius 2 is 1.65 bits per heavy atom. The fourth-order valence-electron chi connectivity index (χ4n) is 3.27. The first-order valence-corrected chi connectivity index (χ1v) is 9.06. The summed E-state index contributed by atoms with van der Waals surface area (Å²) in [5.41, 5.74) is 2.81. The summed E-state index contributed by atoms with van der Waals surface area (Å²) in [4.78, 5) is 17.1. The largest absolute Gasteiger partial charge is 0.350 e. The number of nitrogens with one attached hydrogen (secondary N) is 1. The van der Waals surface area contributed by atoms with E-state index in [2.05, 4.69) is 22.2 Å². The molecule has 0 bridgehead atoms. The fourth-order valence-corrected chi connectivity index (χ4v) is 3.27. The maximum Gasteiger partial charge on any atom is 0.251 e. The van der Waals surface area contributed by atoms with Crippen LogP contribution in [0.3, 0.4) is 0 Å². The molecule has 4 nitrogen and oxygen atoms in total. The van der Waals surface area contributed by atoms with Crippen molar-refractivity contribution in [3.63, 3.8) is 0 Å². The van der Waals surface area contributed by atoms with E-state index in [1.807, 2.05) is 43.3 Å². The van der Waals surface area contributed by atoms with Gasteiger partial charge in [-0.2, -0.15) is 0 Å². The Labute approximate surface area is 154 Å². The Morgan fingerprint density at radius 1 is 1.04 bits per heavy atom. The van der Waals surface area contributed by atoms with Crippen LogP contribution in [0.4, 0.5) is 4.39 Å². The summed E-state index contributed by atoms with van der Waals surface area (Å²) < 4.78 is 13.3. The lowest BCUT2D eigenvalue weighted by Crippen LogP contribution is -2.48. The summed E-state index contributed by atoms with van der Waals surface area (Å²) >= 11 is 0. The van der Waals surface area contributed by atoms with E-state index in [1.165, 1.54) is 12.1 Å². The molecule has 0 aromatic heterocycles. The molecule has 0 spiro atoms. The molecule has 2 aromatic rings. The number of nitrogens with zero attached hydrogens (tertiary/aromatic N) is 2. The molecule has 138 valence electrons. The molecule has 1 heterocycles. The van der Waals surface area contributed by atoms with Crippen molar-refractivity contribution in [2.24, 2.45) is 0 Å². The standard InChI is InChI=1S/C21H26FN3O/c1-16-3-5-18(6-4-16)21(26)23-15-20(17-7-9-19(22)10-8-17)25-13-11-24(2)12-14-25/h3-10,20H,11-15H2,1-2H3,(H,23,26)/t20-/m1/s1. The van der Waals surface area contributed by atoms with E-state index < -0.39 is 0 Å². The molecule has 26 heavy (non-hydrogen) atoms. The molecule has 3 rings (SSSR count). The Bertz CT molecular complexity index is 722. The van der Waals surface area contributed by atoms with Crippen molar-refractivity contribution in [3.8, 4) is 0 Å². The smallest absolute Gasteiger partial charge is 0.251 e. The van der Waals surface area contributed by atoms with Gasteiger partial charge in [0.2, 0.25) is 0 Å². The van der Waals surface area contributed by atoms with Crippen LogP contribution < -0.4 is 5.32 Å². The number of rotatable bonds is 5. The van der Waals surface area contributed by atoms with E-state index in [1.54, 1.807) is 0 Å². The lowest BCUT2D eigenvalue weighted by molar-refractivity contribution is 0.0886. The number of halogens is 1. The minimum absolute atomic E-state index is 0.0405. The first-order valence-electron chi connectivity index (χ1n) is 9.06. The topological polar surface area (TPSA) is 35.6 Å². The number of piperazine rings is 1. The number of likely N-dealkylation sites (N-methyl/N-ethyl adjacent to an activating group) is 1. The summed E-state index contributed by atoms with van der Waals surface area (Å²) in [5, 5.41) is 3.05. The Balaban J connectivity index is 1.71. The van der Waals surface area contributed by atoms with Crippen LogP contribution in [-0.4, -0.2) is 55.5 Å². The van der Waals surface area contributed by atoms with Gasteiger partial charge in [0.05, 0.1) is 6.04 Å². The first-order chi connectivity index (χ1) is 12.5. The fraction of sp³-hybridized carbons (Fsp3) is 0.381. The molecule has 1 atom stereocenters. The van der Waals surface area contributed by atoms with Gasteiger partial charge in [0.15, 0.2) is 0 Å². The van der Waals surface area contributed by atoms with Crippen molar-refractivity contribution in [3.05, 3.63) is 71.0 Å². The molecule has 1 amide bonds. The van der Waals surface area contributed by atoms with Gasteiger partial charge in [0.25, 0.3) is 5.91 Å². The van der Waals surface area contributed by atoms with Gasteiger partial charge in [-0.15, -0.1) is 0 Å². The van der Waals surface area contributed by atoms with Gasteiger partial charge >= 0.3 is 0 Å². The molecule has 1 fully saturated rings. The van der Waals surface area contributed by atoms with E-state index in [-0.39, 0.29) is 17.8 Å². The third kappa shape index (κ3) is 4.68. The molecule has 1 saturated heterocycles. The number of hydrogen-bond acceptors (Lipinski definition) is 3. The highest BCUT2D eigenvalue weighted by Crippen LogP contribution is 2.22. The van der Waals surface area contributed by atoms with Crippen molar-refractivity contribution < 1.29 is 9.18 Å². The van der Waals surface area contributed by atoms with Crippen LogP contribution >= 0.6 is 0 Å². The minimum atomic E-state index is -0.241. The summed E-state index contributed by atoms with van der Waals surface area (Å²) in [6.07, 6.45) is 0. The van der Waals surface area contributed by atoms with Crippen LogP contribution in [-0.2, 0) is 0 Å². The van der Waals surface area contributed by atoms with Gasteiger partial charge in [-0.3, -0.25) is 9.69 Å². The number of aryl methyl sites for hydroxylation is 1. The molecule has 2 aromatic carbocycles. The van der Waals surface area contributed by atoms with Gasteiger partial charge in [-0.1, -0.05) is 29.8 Å². The second-order valence-corrected chi connectivity index (χ2v) is 6.98. The van der Waals surface area contributed by atoms with Gasteiger partial charge in [-0.05, 0) is 43.8 Å². The molecule has 0 saturated carbocycles. The van der Waals surface area contributed by atoms with Gasteiger partial charge in [-0.25, -0.2) is 4.39 Å². The number of amides is 1. The monoisotopic (exact) mass is 355 g/mol. The summed E-state index contributed by atoms with van der Waals surface area (Å²) in [6, 6.07) is 14.2. The maximum absolute atomic E-state index is 13.3. The highest BCUT2D eigenvalue weighted by molar-refractivity contribution is 5.94. The van der Waals surface area contributed by atoms with Crippen LogP contribution in [0.5, 0.6) is 0 Å². The number of benzene rings is 2. The van der Waals surface area contributed by atoms with E-state index in [0.717, 1.165) is 37.3 Å². The van der Waals surface area contributed by atoms with Gasteiger partial charge < -0.3 is 10.2 Å². The van der Waals surface area contributed by atoms with Crippen molar-refractivity contribution in [2.75, 3.05) is 39.8 Å². The highest BCUT2D eigenvalue weighted by Gasteiger charge is 2.24. The number of carbonyl (C=O) groups excluding carboxylic acids is 1. The van der Waals surface area contributed by atoms with Gasteiger partial charge in [0, 0.05) is 38.3 Å². The number of hydrogen-bond donors (Lipinski definition) is 1. The minimum Gasteiger partial charge on any atom is -0.350 e. The molecular weight excluding hydrogens is 329 g/mol. The van der Waals surface area contributed by atoms with E-state index in [9.17, 15) is 9.18 Å². The molecule has 1 aliphatic rings. The predicted molar refractivity (Wildman–Crippen MR) is 102 cm³/mol. The first kappa shape index (κ1) is 18.5. The zero-order valence-electron chi connectivity index (χ0n) is 15.4. The Hall–Kier alpha value is -2.24. The Morgan fingerprint density at radius 3 is 2.27 bits per heavy atom. The van der Waals surface area contributed by atoms with Crippen LogP contribution in [0.15, 0.2) is 48.5 Å². The molecule has 1 aliphatic heterocycles. The average Bonchev–Trinajstić information content (AvgIpc) is 2.65. The van der Waals surface area contributed by atoms with E-state index >= 15 is 0 Å². The van der Waals surface area contributed by atoms with Crippen molar-refractivity contribution in [2.45, 2.75) is 13.0 Å². The van der Waals surface area contributed by atoms with Crippen LogP contribution in [0, 0.1) is 12.7 Å². The van der Waals surface area contributed by atoms with Crippen LogP contribution in [0.2, 0.25) is 0 Å². The highest BCUT2D eigenvalue weighted by atomic mass is 19.1. The molecule has 1 N–H and O–H groups in total. The van der Waals surface area contributed by atoms with Crippen LogP contribution in [0.25, 0.3) is 0 Å². The van der Waals surface area contributed by atoms with E-state index in [0.29, 0.717) is 12.1 Å². The molecule has 0 aliphatic carbocycles. The average molecular weight is 355 g/mol. The molecule has 0 unspecified atom stereocenters. The van der Waals surface area contributed by atoms with Crippen molar-refractivity contribution in [1.82, 2.24) is 15.1 Å².